The lowest BCUT2D eigenvalue weighted by Crippen LogP contribution is -2.45. The fourth-order valence-electron chi connectivity index (χ4n) is 2.64. The quantitative estimate of drug-likeness (QED) is 0.828. The van der Waals surface area contributed by atoms with E-state index < -0.39 is 0 Å². The number of nitrogens with zero attached hydrogens (tertiary/aromatic N) is 3. The fraction of sp³-hybridized carbons (Fsp3) is 0.833. The van der Waals surface area contributed by atoms with E-state index in [0.29, 0.717) is 11.6 Å². The smallest absolute Gasteiger partial charge is 0.137 e. The van der Waals surface area contributed by atoms with Crippen LogP contribution in [0.2, 0.25) is 0 Å². The first kappa shape index (κ1) is 11.6. The topological polar surface area (TPSA) is 42.7 Å². The van der Waals surface area contributed by atoms with Crippen molar-refractivity contribution in [1.82, 2.24) is 20.1 Å². The van der Waals surface area contributed by atoms with E-state index in [2.05, 4.69) is 29.2 Å². The summed E-state index contributed by atoms with van der Waals surface area (Å²) in [6.45, 7) is 5.57. The molecule has 1 atom stereocenters. The first-order valence-electron chi connectivity index (χ1n) is 6.28. The van der Waals surface area contributed by atoms with Crippen molar-refractivity contribution in [2.24, 2.45) is 0 Å². The van der Waals surface area contributed by atoms with E-state index in [-0.39, 0.29) is 0 Å². The highest BCUT2D eigenvalue weighted by molar-refractivity contribution is 4.89. The average Bonchev–Trinajstić information content (AvgIpc) is 2.86. The summed E-state index contributed by atoms with van der Waals surface area (Å²) in [5.41, 5.74) is 0.377. The molecule has 0 bridgehead atoms. The predicted molar refractivity (Wildman–Crippen MR) is 64.1 cm³/mol. The van der Waals surface area contributed by atoms with Gasteiger partial charge in [0, 0.05) is 18.1 Å². The Morgan fingerprint density at radius 1 is 1.44 bits per heavy atom. The molecule has 1 aliphatic rings. The first-order chi connectivity index (χ1) is 7.68. The number of rotatable bonds is 5. The summed E-state index contributed by atoms with van der Waals surface area (Å²) in [7, 11) is 0. The van der Waals surface area contributed by atoms with E-state index in [1.165, 1.54) is 25.7 Å². The predicted octanol–water partition coefficient (Wildman–Crippen LogP) is 1.98. The summed E-state index contributed by atoms with van der Waals surface area (Å²) in [5.74, 6) is 0. The third-order valence-corrected chi connectivity index (χ3v) is 3.56. The van der Waals surface area contributed by atoms with Crippen LogP contribution in [-0.2, 0) is 6.54 Å². The molecule has 0 aromatic carbocycles. The molecular formula is C12H22N4. The molecule has 0 aliphatic heterocycles. The normalized spacial score (nSPS) is 21.1. The van der Waals surface area contributed by atoms with E-state index in [9.17, 15) is 0 Å². The second kappa shape index (κ2) is 4.95. The van der Waals surface area contributed by atoms with Crippen molar-refractivity contribution >= 4 is 0 Å². The molecule has 1 aromatic rings. The lowest BCUT2D eigenvalue weighted by molar-refractivity contribution is 0.306. The van der Waals surface area contributed by atoms with Gasteiger partial charge in [-0.25, -0.2) is 4.98 Å². The summed E-state index contributed by atoms with van der Waals surface area (Å²) in [4.78, 5) is 3.95. The van der Waals surface area contributed by atoms with Crippen LogP contribution in [0.4, 0.5) is 0 Å². The van der Waals surface area contributed by atoms with Gasteiger partial charge in [-0.3, -0.25) is 4.68 Å². The number of hydrogen-bond acceptors (Lipinski definition) is 3. The molecule has 1 N–H and O–H groups in total. The van der Waals surface area contributed by atoms with Crippen LogP contribution in [0.25, 0.3) is 0 Å². The van der Waals surface area contributed by atoms with E-state index in [0.717, 1.165) is 13.0 Å². The third-order valence-electron chi connectivity index (χ3n) is 3.56. The van der Waals surface area contributed by atoms with Crippen LogP contribution >= 0.6 is 0 Å². The maximum Gasteiger partial charge on any atom is 0.137 e. The first-order valence-corrected chi connectivity index (χ1v) is 6.28. The molecule has 1 unspecified atom stereocenters. The van der Waals surface area contributed by atoms with Gasteiger partial charge in [0.05, 0.1) is 0 Å². The molecule has 0 amide bonds. The fourth-order valence-corrected chi connectivity index (χ4v) is 2.64. The van der Waals surface area contributed by atoms with Crippen LogP contribution in [0.15, 0.2) is 12.7 Å². The molecule has 0 radical (unpaired) electrons. The lowest BCUT2D eigenvalue weighted by Gasteiger charge is -2.29. The van der Waals surface area contributed by atoms with Gasteiger partial charge in [0.25, 0.3) is 0 Å². The zero-order valence-electron chi connectivity index (χ0n) is 10.3. The molecular weight excluding hydrogens is 200 g/mol. The average molecular weight is 222 g/mol. The van der Waals surface area contributed by atoms with Gasteiger partial charge in [0.1, 0.15) is 12.7 Å². The molecule has 0 spiro atoms. The van der Waals surface area contributed by atoms with Gasteiger partial charge in [0.15, 0.2) is 0 Å². The standard InChI is InChI=1S/C12H22N4/c1-11(5-8-16-10-13-9-14-16)15-12(2)6-3-4-7-12/h9-11,15H,3-8H2,1-2H3. The Morgan fingerprint density at radius 3 is 2.81 bits per heavy atom. The Morgan fingerprint density at radius 2 is 2.19 bits per heavy atom. The summed E-state index contributed by atoms with van der Waals surface area (Å²) in [6.07, 6.45) is 9.87. The lowest BCUT2D eigenvalue weighted by atomic mass is 9.99. The number of aromatic nitrogens is 3. The van der Waals surface area contributed by atoms with Crippen molar-refractivity contribution in [2.45, 2.75) is 64.1 Å². The van der Waals surface area contributed by atoms with Crippen molar-refractivity contribution in [3.8, 4) is 0 Å². The van der Waals surface area contributed by atoms with Crippen molar-refractivity contribution in [3.63, 3.8) is 0 Å². The van der Waals surface area contributed by atoms with Gasteiger partial charge in [-0.15, -0.1) is 0 Å². The van der Waals surface area contributed by atoms with E-state index >= 15 is 0 Å². The van der Waals surface area contributed by atoms with Crippen molar-refractivity contribution in [3.05, 3.63) is 12.7 Å². The summed E-state index contributed by atoms with van der Waals surface area (Å²) >= 11 is 0. The van der Waals surface area contributed by atoms with Gasteiger partial charge in [-0.2, -0.15) is 5.10 Å². The Labute approximate surface area is 97.5 Å². The molecule has 4 nitrogen and oxygen atoms in total. The number of nitrogens with one attached hydrogen (secondary N) is 1. The number of aryl methyl sites for hydroxylation is 1. The van der Waals surface area contributed by atoms with E-state index in [4.69, 9.17) is 0 Å². The number of hydrogen-bond donors (Lipinski definition) is 1. The van der Waals surface area contributed by atoms with Gasteiger partial charge < -0.3 is 5.32 Å². The van der Waals surface area contributed by atoms with E-state index in [1.54, 1.807) is 12.7 Å². The Kier molecular flexibility index (Phi) is 3.59. The molecule has 4 heteroatoms. The summed E-state index contributed by atoms with van der Waals surface area (Å²) < 4.78 is 1.90. The SMILES string of the molecule is CC(CCn1cncn1)NC1(C)CCCC1. The minimum Gasteiger partial charge on any atom is -0.309 e. The van der Waals surface area contributed by atoms with Gasteiger partial charge >= 0.3 is 0 Å². The second-order valence-electron chi connectivity index (χ2n) is 5.26. The second-order valence-corrected chi connectivity index (χ2v) is 5.26. The Hall–Kier alpha value is -0.900. The maximum absolute atomic E-state index is 4.12. The van der Waals surface area contributed by atoms with Crippen LogP contribution in [0, 0.1) is 0 Å². The van der Waals surface area contributed by atoms with Crippen LogP contribution in [-0.4, -0.2) is 26.3 Å². The molecule has 1 aromatic heterocycles. The van der Waals surface area contributed by atoms with Gasteiger partial charge in [-0.05, 0) is 33.1 Å². The largest absolute Gasteiger partial charge is 0.309 e. The maximum atomic E-state index is 4.12. The minimum absolute atomic E-state index is 0.377. The van der Waals surface area contributed by atoms with Crippen molar-refractivity contribution in [2.75, 3.05) is 0 Å². The van der Waals surface area contributed by atoms with Crippen molar-refractivity contribution in [1.29, 1.82) is 0 Å². The Balaban J connectivity index is 1.73. The minimum atomic E-state index is 0.377. The monoisotopic (exact) mass is 222 g/mol. The van der Waals surface area contributed by atoms with E-state index in [1.807, 2.05) is 4.68 Å². The van der Waals surface area contributed by atoms with Gasteiger partial charge in [-0.1, -0.05) is 12.8 Å². The third kappa shape index (κ3) is 3.04. The highest BCUT2D eigenvalue weighted by Gasteiger charge is 2.29. The van der Waals surface area contributed by atoms with Crippen molar-refractivity contribution < 1.29 is 0 Å². The summed E-state index contributed by atoms with van der Waals surface area (Å²) in [5, 5.41) is 7.87. The van der Waals surface area contributed by atoms with Crippen LogP contribution in [0.3, 0.4) is 0 Å². The van der Waals surface area contributed by atoms with Crippen LogP contribution in [0.1, 0.15) is 46.0 Å². The molecule has 1 heterocycles. The zero-order valence-corrected chi connectivity index (χ0v) is 10.3. The molecule has 90 valence electrons. The highest BCUT2D eigenvalue weighted by Crippen LogP contribution is 2.29. The summed E-state index contributed by atoms with van der Waals surface area (Å²) in [6, 6.07) is 0.548. The molecule has 2 rings (SSSR count). The molecule has 16 heavy (non-hydrogen) atoms. The van der Waals surface area contributed by atoms with Crippen LogP contribution < -0.4 is 5.32 Å². The van der Waals surface area contributed by atoms with Crippen LogP contribution in [0.5, 0.6) is 0 Å². The molecule has 1 fully saturated rings. The molecule has 0 saturated heterocycles. The highest BCUT2D eigenvalue weighted by atomic mass is 15.3. The molecule has 1 saturated carbocycles. The zero-order chi connectivity index (χ0) is 11.4. The Bertz CT molecular complexity index is 301. The molecule has 1 aliphatic carbocycles. The van der Waals surface area contributed by atoms with Gasteiger partial charge in [0.2, 0.25) is 0 Å².